The highest BCUT2D eigenvalue weighted by molar-refractivity contribution is 6.05. The molecule has 0 aromatic rings. The van der Waals surface area contributed by atoms with E-state index in [-0.39, 0.29) is 29.8 Å². The van der Waals surface area contributed by atoms with Gasteiger partial charge in [-0.1, -0.05) is 12.8 Å². The summed E-state index contributed by atoms with van der Waals surface area (Å²) in [7, 11) is 0. The number of amides is 4. The molecule has 3 fully saturated rings. The van der Waals surface area contributed by atoms with Crippen LogP contribution in [-0.4, -0.2) is 64.3 Å². The number of carbonyl (C=O) groups excluding carboxylic acids is 3. The normalized spacial score (nSPS) is 27.0. The molecule has 2 heterocycles. The average Bonchev–Trinajstić information content (AvgIpc) is 3.06. The second-order valence-electron chi connectivity index (χ2n) is 6.56. The van der Waals surface area contributed by atoms with Gasteiger partial charge in [-0.15, -0.1) is 0 Å². The van der Waals surface area contributed by atoms with Crippen molar-refractivity contribution in [2.75, 3.05) is 19.6 Å². The molecule has 3 aliphatic rings. The third-order valence-electron chi connectivity index (χ3n) is 4.89. The zero-order chi connectivity index (χ0) is 15.1. The van der Waals surface area contributed by atoms with Crippen molar-refractivity contribution < 1.29 is 14.4 Å². The predicted octanol–water partition coefficient (Wildman–Crippen LogP) is 1.06. The highest BCUT2D eigenvalue weighted by Crippen LogP contribution is 2.29. The lowest BCUT2D eigenvalue weighted by molar-refractivity contribution is -0.139. The van der Waals surface area contributed by atoms with Crippen LogP contribution in [0.4, 0.5) is 4.79 Å². The summed E-state index contributed by atoms with van der Waals surface area (Å²) in [5.41, 5.74) is 0. The van der Waals surface area contributed by atoms with Crippen molar-refractivity contribution in [3.63, 3.8) is 0 Å². The quantitative estimate of drug-likeness (QED) is 0.715. The van der Waals surface area contributed by atoms with Crippen molar-refractivity contribution in [1.82, 2.24) is 14.7 Å². The van der Waals surface area contributed by atoms with Crippen molar-refractivity contribution in [2.45, 2.75) is 51.6 Å². The molecule has 4 amide bonds. The van der Waals surface area contributed by atoms with Gasteiger partial charge in [0.05, 0.1) is 6.54 Å². The van der Waals surface area contributed by atoms with E-state index in [4.69, 9.17) is 0 Å². The van der Waals surface area contributed by atoms with E-state index in [2.05, 4.69) is 0 Å². The third kappa shape index (κ3) is 2.30. The lowest BCUT2D eigenvalue weighted by atomic mass is 10.0. The summed E-state index contributed by atoms with van der Waals surface area (Å²) in [4.78, 5) is 41.9. The molecule has 0 N–H and O–H groups in total. The Kier molecular flexibility index (Phi) is 3.63. The second kappa shape index (κ2) is 5.31. The molecule has 1 saturated carbocycles. The van der Waals surface area contributed by atoms with Crippen molar-refractivity contribution in [1.29, 1.82) is 0 Å². The molecular formula is C15H23N3O3. The number of piperazine rings is 1. The van der Waals surface area contributed by atoms with E-state index in [0.29, 0.717) is 19.6 Å². The number of rotatable bonds is 2. The fraction of sp³-hybridized carbons (Fsp3) is 0.800. The number of nitrogens with zero attached hydrogens (tertiary/aromatic N) is 3. The molecule has 6 heteroatoms. The summed E-state index contributed by atoms with van der Waals surface area (Å²) < 4.78 is 0. The van der Waals surface area contributed by atoms with Gasteiger partial charge in [0.15, 0.2) is 0 Å². The van der Waals surface area contributed by atoms with E-state index in [1.165, 1.54) is 4.90 Å². The maximum atomic E-state index is 12.5. The van der Waals surface area contributed by atoms with E-state index < -0.39 is 6.04 Å². The number of imide groups is 1. The Bertz CT molecular complexity index is 471. The third-order valence-corrected chi connectivity index (χ3v) is 4.89. The standard InChI is InChI=1S/C15H23N3O3/c1-10(2)18-14(20)12-9-16(7-8-17(12)15(18)21)13(19)11-5-3-4-6-11/h10-12H,3-9H2,1-2H3. The summed E-state index contributed by atoms with van der Waals surface area (Å²) in [6.07, 6.45) is 4.18. The number of urea groups is 1. The molecule has 116 valence electrons. The molecule has 1 aliphatic carbocycles. The van der Waals surface area contributed by atoms with Crippen LogP contribution in [0.2, 0.25) is 0 Å². The maximum Gasteiger partial charge on any atom is 0.327 e. The Morgan fingerprint density at radius 2 is 1.81 bits per heavy atom. The first kappa shape index (κ1) is 14.4. The number of hydrogen-bond acceptors (Lipinski definition) is 3. The van der Waals surface area contributed by atoms with Gasteiger partial charge in [-0.05, 0) is 26.7 Å². The van der Waals surface area contributed by atoms with Gasteiger partial charge in [-0.25, -0.2) is 4.79 Å². The summed E-state index contributed by atoms with van der Waals surface area (Å²) in [5.74, 6) is 0.152. The van der Waals surface area contributed by atoms with E-state index in [1.54, 1.807) is 9.80 Å². The molecule has 0 spiro atoms. The number of hydrogen-bond donors (Lipinski definition) is 0. The van der Waals surface area contributed by atoms with Crippen LogP contribution in [0, 0.1) is 5.92 Å². The molecule has 0 aromatic heterocycles. The van der Waals surface area contributed by atoms with Crippen LogP contribution in [0.25, 0.3) is 0 Å². The highest BCUT2D eigenvalue weighted by atomic mass is 16.2. The van der Waals surface area contributed by atoms with Gasteiger partial charge in [0.2, 0.25) is 5.91 Å². The minimum Gasteiger partial charge on any atom is -0.338 e. The fourth-order valence-electron chi connectivity index (χ4n) is 3.72. The van der Waals surface area contributed by atoms with Gasteiger partial charge in [-0.3, -0.25) is 14.5 Å². The van der Waals surface area contributed by atoms with Crippen LogP contribution in [0.15, 0.2) is 0 Å². The fourth-order valence-corrected chi connectivity index (χ4v) is 3.72. The largest absolute Gasteiger partial charge is 0.338 e. The van der Waals surface area contributed by atoms with E-state index in [1.807, 2.05) is 13.8 Å². The molecule has 1 atom stereocenters. The van der Waals surface area contributed by atoms with Crippen molar-refractivity contribution in [3.05, 3.63) is 0 Å². The highest BCUT2D eigenvalue weighted by Gasteiger charge is 2.49. The molecule has 21 heavy (non-hydrogen) atoms. The molecule has 0 radical (unpaired) electrons. The summed E-state index contributed by atoms with van der Waals surface area (Å²) >= 11 is 0. The zero-order valence-electron chi connectivity index (χ0n) is 12.7. The van der Waals surface area contributed by atoms with E-state index >= 15 is 0 Å². The average molecular weight is 293 g/mol. The van der Waals surface area contributed by atoms with Crippen molar-refractivity contribution >= 4 is 17.8 Å². The Morgan fingerprint density at radius 3 is 2.43 bits per heavy atom. The first-order chi connectivity index (χ1) is 10.0. The molecule has 3 rings (SSSR count). The smallest absolute Gasteiger partial charge is 0.327 e. The SMILES string of the molecule is CC(C)N1C(=O)C2CN(C(=O)C3CCCC3)CCN2C1=O. The minimum absolute atomic E-state index is 0.130. The van der Waals surface area contributed by atoms with Crippen LogP contribution in [0.5, 0.6) is 0 Å². The first-order valence-electron chi connectivity index (χ1n) is 7.93. The van der Waals surface area contributed by atoms with Crippen LogP contribution < -0.4 is 0 Å². The van der Waals surface area contributed by atoms with Crippen LogP contribution in [0.1, 0.15) is 39.5 Å². The monoisotopic (exact) mass is 293 g/mol. The lowest BCUT2D eigenvalue weighted by Gasteiger charge is -2.36. The van der Waals surface area contributed by atoms with Gasteiger partial charge < -0.3 is 9.80 Å². The van der Waals surface area contributed by atoms with Gasteiger partial charge in [0.1, 0.15) is 6.04 Å². The minimum atomic E-state index is -0.473. The molecule has 2 saturated heterocycles. The van der Waals surface area contributed by atoms with Crippen molar-refractivity contribution in [3.8, 4) is 0 Å². The Balaban J connectivity index is 1.71. The number of carbonyl (C=O) groups is 3. The first-order valence-corrected chi connectivity index (χ1v) is 7.93. The topological polar surface area (TPSA) is 60.9 Å². The molecule has 0 bridgehead atoms. The Morgan fingerprint density at radius 1 is 1.14 bits per heavy atom. The van der Waals surface area contributed by atoms with Gasteiger partial charge >= 0.3 is 6.03 Å². The molecule has 1 unspecified atom stereocenters. The second-order valence-corrected chi connectivity index (χ2v) is 6.56. The summed E-state index contributed by atoms with van der Waals surface area (Å²) in [5, 5.41) is 0. The predicted molar refractivity (Wildman–Crippen MR) is 76.4 cm³/mol. The zero-order valence-corrected chi connectivity index (χ0v) is 12.7. The number of fused-ring (bicyclic) bond motifs is 1. The van der Waals surface area contributed by atoms with Gasteiger partial charge in [0, 0.05) is 25.0 Å². The Labute approximate surface area is 125 Å². The van der Waals surface area contributed by atoms with E-state index in [0.717, 1.165) is 25.7 Å². The van der Waals surface area contributed by atoms with Gasteiger partial charge in [0.25, 0.3) is 5.91 Å². The van der Waals surface area contributed by atoms with Crippen LogP contribution in [-0.2, 0) is 9.59 Å². The molecular weight excluding hydrogens is 270 g/mol. The van der Waals surface area contributed by atoms with Crippen molar-refractivity contribution in [2.24, 2.45) is 5.92 Å². The molecule has 0 aromatic carbocycles. The van der Waals surface area contributed by atoms with Crippen LogP contribution >= 0.6 is 0 Å². The van der Waals surface area contributed by atoms with E-state index in [9.17, 15) is 14.4 Å². The molecule has 2 aliphatic heterocycles. The van der Waals surface area contributed by atoms with Gasteiger partial charge in [-0.2, -0.15) is 0 Å². The lowest BCUT2D eigenvalue weighted by Crippen LogP contribution is -2.55. The Hall–Kier alpha value is -1.59. The maximum absolute atomic E-state index is 12.5. The van der Waals surface area contributed by atoms with Crippen LogP contribution in [0.3, 0.4) is 0 Å². The molecule has 6 nitrogen and oxygen atoms in total. The summed E-state index contributed by atoms with van der Waals surface area (Å²) in [6.45, 7) is 5.07. The summed E-state index contributed by atoms with van der Waals surface area (Å²) in [6, 6.07) is -0.804.